The Morgan fingerprint density at radius 1 is 1.41 bits per heavy atom. The molecule has 17 heavy (non-hydrogen) atoms. The van der Waals surface area contributed by atoms with Crippen molar-refractivity contribution in [2.24, 2.45) is 0 Å². The van der Waals surface area contributed by atoms with Crippen LogP contribution in [0, 0.1) is 0 Å². The van der Waals surface area contributed by atoms with Gasteiger partial charge in [0, 0.05) is 25.2 Å². The molecule has 2 heterocycles. The monoisotopic (exact) mass is 236 g/mol. The molecule has 94 valence electrons. The van der Waals surface area contributed by atoms with Crippen LogP contribution in [-0.2, 0) is 11.3 Å². The first-order valence-corrected chi connectivity index (χ1v) is 6.49. The summed E-state index contributed by atoms with van der Waals surface area (Å²) in [6.07, 6.45) is 4.41. The highest BCUT2D eigenvalue weighted by molar-refractivity contribution is 5.00. The summed E-state index contributed by atoms with van der Waals surface area (Å²) in [7, 11) is 0. The molecule has 1 aliphatic heterocycles. The largest absolute Gasteiger partial charge is 0.468 e. The summed E-state index contributed by atoms with van der Waals surface area (Å²) in [5, 5.41) is 3.51. The molecule has 2 aliphatic rings. The van der Waals surface area contributed by atoms with Crippen LogP contribution in [0.4, 0.5) is 0 Å². The number of ether oxygens (including phenoxy) is 1. The first kappa shape index (κ1) is 11.3. The molecule has 1 saturated heterocycles. The van der Waals surface area contributed by atoms with Gasteiger partial charge in [0.1, 0.15) is 5.76 Å². The van der Waals surface area contributed by atoms with Crippen LogP contribution in [0.25, 0.3) is 0 Å². The average Bonchev–Trinajstić information content (AvgIpc) is 3.09. The molecule has 0 bridgehead atoms. The third-order valence-corrected chi connectivity index (χ3v) is 3.46. The molecule has 1 N–H and O–H groups in total. The standard InChI is InChI=1S/C13H20N2O2/c1-2-13(17-6-1)9-15(12-3-4-12)8-11-10-16-7-5-14-11/h1-2,6,11-12,14H,3-5,7-10H2. The molecule has 3 rings (SSSR count). The molecule has 0 aromatic carbocycles. The molecule has 4 nitrogen and oxygen atoms in total. The van der Waals surface area contributed by atoms with E-state index in [2.05, 4.69) is 16.3 Å². The van der Waals surface area contributed by atoms with E-state index in [0.717, 1.165) is 44.7 Å². The average molecular weight is 236 g/mol. The molecule has 4 heteroatoms. The van der Waals surface area contributed by atoms with Gasteiger partial charge in [-0.3, -0.25) is 4.90 Å². The van der Waals surface area contributed by atoms with Gasteiger partial charge in [-0.15, -0.1) is 0 Å². The van der Waals surface area contributed by atoms with E-state index in [4.69, 9.17) is 9.15 Å². The highest BCUT2D eigenvalue weighted by atomic mass is 16.5. The Hall–Kier alpha value is -0.840. The van der Waals surface area contributed by atoms with Crippen molar-refractivity contribution < 1.29 is 9.15 Å². The maximum absolute atomic E-state index is 5.51. The lowest BCUT2D eigenvalue weighted by molar-refractivity contribution is 0.0581. The number of rotatable bonds is 5. The lowest BCUT2D eigenvalue weighted by atomic mass is 10.2. The minimum atomic E-state index is 0.472. The number of furan rings is 1. The van der Waals surface area contributed by atoms with E-state index in [1.54, 1.807) is 6.26 Å². The minimum Gasteiger partial charge on any atom is -0.468 e. The Morgan fingerprint density at radius 2 is 2.35 bits per heavy atom. The van der Waals surface area contributed by atoms with Gasteiger partial charge in [0.2, 0.25) is 0 Å². The summed E-state index contributed by atoms with van der Waals surface area (Å²) >= 11 is 0. The fourth-order valence-electron chi connectivity index (χ4n) is 2.41. The molecule has 0 radical (unpaired) electrons. The summed E-state index contributed by atoms with van der Waals surface area (Å²) in [5.74, 6) is 1.06. The Balaban J connectivity index is 1.56. The second-order valence-corrected chi connectivity index (χ2v) is 4.97. The quantitative estimate of drug-likeness (QED) is 0.834. The number of hydrogen-bond acceptors (Lipinski definition) is 4. The summed E-state index contributed by atoms with van der Waals surface area (Å²) in [6.45, 7) is 4.64. The van der Waals surface area contributed by atoms with Gasteiger partial charge in [-0.05, 0) is 25.0 Å². The van der Waals surface area contributed by atoms with Gasteiger partial charge in [0.05, 0.1) is 26.0 Å². The fourth-order valence-corrected chi connectivity index (χ4v) is 2.41. The molecule has 1 unspecified atom stereocenters. The van der Waals surface area contributed by atoms with Crippen LogP contribution in [-0.4, -0.2) is 43.3 Å². The molecule has 1 aromatic rings. The number of hydrogen-bond donors (Lipinski definition) is 1. The van der Waals surface area contributed by atoms with Crippen LogP contribution in [0.2, 0.25) is 0 Å². The van der Waals surface area contributed by atoms with E-state index < -0.39 is 0 Å². The molecule has 1 aromatic heterocycles. The zero-order valence-electron chi connectivity index (χ0n) is 10.1. The van der Waals surface area contributed by atoms with E-state index in [0.29, 0.717) is 6.04 Å². The molecular formula is C13H20N2O2. The zero-order chi connectivity index (χ0) is 11.5. The molecular weight excluding hydrogens is 216 g/mol. The first-order valence-electron chi connectivity index (χ1n) is 6.49. The van der Waals surface area contributed by atoms with Crippen LogP contribution >= 0.6 is 0 Å². The summed E-state index contributed by atoms with van der Waals surface area (Å²) in [4.78, 5) is 2.52. The molecule has 0 amide bonds. The third-order valence-electron chi connectivity index (χ3n) is 3.46. The van der Waals surface area contributed by atoms with Crippen LogP contribution in [0.5, 0.6) is 0 Å². The lowest BCUT2D eigenvalue weighted by Crippen LogP contribution is -2.48. The molecule has 1 aliphatic carbocycles. The molecule has 1 atom stereocenters. The molecule has 0 spiro atoms. The summed E-state index contributed by atoms with van der Waals surface area (Å²) < 4.78 is 10.9. The third kappa shape index (κ3) is 3.09. The molecule has 1 saturated carbocycles. The summed E-state index contributed by atoms with van der Waals surface area (Å²) in [6, 6.07) is 5.24. The van der Waals surface area contributed by atoms with E-state index >= 15 is 0 Å². The lowest BCUT2D eigenvalue weighted by Gasteiger charge is -2.30. The van der Waals surface area contributed by atoms with E-state index in [1.807, 2.05) is 6.07 Å². The van der Waals surface area contributed by atoms with Crippen LogP contribution in [0.3, 0.4) is 0 Å². The highest BCUT2D eigenvalue weighted by Gasteiger charge is 2.31. The van der Waals surface area contributed by atoms with Gasteiger partial charge in [0.15, 0.2) is 0 Å². The van der Waals surface area contributed by atoms with Crippen molar-refractivity contribution in [3.8, 4) is 0 Å². The van der Waals surface area contributed by atoms with Crippen molar-refractivity contribution in [1.29, 1.82) is 0 Å². The van der Waals surface area contributed by atoms with Crippen LogP contribution < -0.4 is 5.32 Å². The first-order chi connectivity index (χ1) is 8.42. The van der Waals surface area contributed by atoms with Gasteiger partial charge < -0.3 is 14.5 Å². The van der Waals surface area contributed by atoms with Crippen molar-refractivity contribution in [3.63, 3.8) is 0 Å². The van der Waals surface area contributed by atoms with Crippen molar-refractivity contribution in [3.05, 3.63) is 24.2 Å². The van der Waals surface area contributed by atoms with Crippen LogP contribution in [0.15, 0.2) is 22.8 Å². The Morgan fingerprint density at radius 3 is 3.00 bits per heavy atom. The van der Waals surface area contributed by atoms with Crippen molar-refractivity contribution >= 4 is 0 Å². The Labute approximate surface area is 102 Å². The topological polar surface area (TPSA) is 37.6 Å². The number of nitrogens with one attached hydrogen (secondary N) is 1. The SMILES string of the molecule is c1coc(CN(CC2COCCN2)C2CC2)c1. The maximum atomic E-state index is 5.51. The number of morpholine rings is 1. The maximum Gasteiger partial charge on any atom is 0.117 e. The van der Waals surface area contributed by atoms with Crippen molar-refractivity contribution in [2.45, 2.75) is 31.5 Å². The van der Waals surface area contributed by atoms with Gasteiger partial charge in [-0.25, -0.2) is 0 Å². The smallest absolute Gasteiger partial charge is 0.117 e. The minimum absolute atomic E-state index is 0.472. The zero-order valence-corrected chi connectivity index (χ0v) is 10.1. The Kier molecular flexibility index (Phi) is 3.45. The van der Waals surface area contributed by atoms with Gasteiger partial charge in [0.25, 0.3) is 0 Å². The van der Waals surface area contributed by atoms with Gasteiger partial charge in [-0.2, -0.15) is 0 Å². The predicted octanol–water partition coefficient (Wildman–Crippen LogP) is 1.23. The van der Waals surface area contributed by atoms with Crippen LogP contribution in [0.1, 0.15) is 18.6 Å². The highest BCUT2D eigenvalue weighted by Crippen LogP contribution is 2.28. The van der Waals surface area contributed by atoms with Gasteiger partial charge >= 0.3 is 0 Å². The van der Waals surface area contributed by atoms with Crippen molar-refractivity contribution in [2.75, 3.05) is 26.3 Å². The second kappa shape index (κ2) is 5.21. The van der Waals surface area contributed by atoms with E-state index in [1.165, 1.54) is 12.8 Å². The van der Waals surface area contributed by atoms with E-state index in [-0.39, 0.29) is 0 Å². The van der Waals surface area contributed by atoms with Crippen molar-refractivity contribution in [1.82, 2.24) is 10.2 Å². The normalized spacial score (nSPS) is 25.4. The Bertz CT molecular complexity index is 329. The fraction of sp³-hybridized carbons (Fsp3) is 0.692. The predicted molar refractivity (Wildman–Crippen MR) is 64.7 cm³/mol. The van der Waals surface area contributed by atoms with Gasteiger partial charge in [-0.1, -0.05) is 0 Å². The number of nitrogens with zero attached hydrogens (tertiary/aromatic N) is 1. The van der Waals surface area contributed by atoms with E-state index in [9.17, 15) is 0 Å². The second-order valence-electron chi connectivity index (χ2n) is 4.97. The summed E-state index contributed by atoms with van der Waals surface area (Å²) in [5.41, 5.74) is 0. The molecule has 2 fully saturated rings.